The summed E-state index contributed by atoms with van der Waals surface area (Å²) in [5.41, 5.74) is 1.68. The third-order valence-corrected chi connectivity index (χ3v) is 3.34. The van der Waals surface area contributed by atoms with Crippen LogP contribution in [-0.4, -0.2) is 41.2 Å². The quantitative estimate of drug-likeness (QED) is 0.857. The molecule has 0 aliphatic carbocycles. The summed E-state index contributed by atoms with van der Waals surface area (Å²) >= 11 is 1.82. The summed E-state index contributed by atoms with van der Waals surface area (Å²) in [6, 6.07) is 7.30. The number of benzene rings is 1. The van der Waals surface area contributed by atoms with E-state index >= 15 is 0 Å². The van der Waals surface area contributed by atoms with Gasteiger partial charge in [0.25, 0.3) is 5.91 Å². The van der Waals surface area contributed by atoms with E-state index in [4.69, 9.17) is 5.11 Å². The molecule has 1 rings (SSSR count). The van der Waals surface area contributed by atoms with Gasteiger partial charge in [-0.05, 0) is 23.4 Å². The molecule has 1 N–H and O–H groups in total. The third kappa shape index (κ3) is 4.41. The molecule has 0 heterocycles. The van der Waals surface area contributed by atoms with Gasteiger partial charge in [-0.25, -0.2) is 0 Å². The highest BCUT2D eigenvalue weighted by Crippen LogP contribution is 2.13. The lowest BCUT2D eigenvalue weighted by Gasteiger charge is -2.14. The molecule has 0 bridgehead atoms. The van der Waals surface area contributed by atoms with Gasteiger partial charge < -0.3 is 10.0 Å². The summed E-state index contributed by atoms with van der Waals surface area (Å²) in [6.45, 7) is 1.82. The van der Waals surface area contributed by atoms with Gasteiger partial charge in [0.15, 0.2) is 0 Å². The summed E-state index contributed by atoms with van der Waals surface area (Å²) in [7, 11) is 1.48. The van der Waals surface area contributed by atoms with Crippen molar-refractivity contribution in [3.63, 3.8) is 0 Å². The zero-order chi connectivity index (χ0) is 13.5. The van der Waals surface area contributed by atoms with Gasteiger partial charge in [0.2, 0.25) is 0 Å². The van der Waals surface area contributed by atoms with Gasteiger partial charge in [-0.2, -0.15) is 11.8 Å². The third-order valence-electron chi connectivity index (χ3n) is 2.39. The number of carbonyl (C=O) groups is 2. The van der Waals surface area contributed by atoms with Crippen LogP contribution in [0.5, 0.6) is 0 Å². The van der Waals surface area contributed by atoms with Gasteiger partial charge in [-0.15, -0.1) is 0 Å². The number of rotatable bonds is 6. The summed E-state index contributed by atoms with van der Waals surface area (Å²) < 4.78 is 0. The Hall–Kier alpha value is -1.49. The highest BCUT2D eigenvalue weighted by molar-refractivity contribution is 7.98. The Morgan fingerprint density at radius 2 is 1.89 bits per heavy atom. The Kier molecular flexibility index (Phi) is 5.71. The molecule has 0 unspecified atom stereocenters. The molecule has 0 aromatic heterocycles. The van der Waals surface area contributed by atoms with E-state index in [9.17, 15) is 9.59 Å². The van der Waals surface area contributed by atoms with Crippen LogP contribution < -0.4 is 0 Å². The normalized spacial score (nSPS) is 10.1. The Morgan fingerprint density at radius 1 is 1.28 bits per heavy atom. The van der Waals surface area contributed by atoms with E-state index < -0.39 is 5.97 Å². The van der Waals surface area contributed by atoms with E-state index in [2.05, 4.69) is 6.92 Å². The van der Waals surface area contributed by atoms with Crippen molar-refractivity contribution in [3.8, 4) is 0 Å². The van der Waals surface area contributed by atoms with Crippen molar-refractivity contribution in [1.82, 2.24) is 4.90 Å². The van der Waals surface area contributed by atoms with Crippen molar-refractivity contribution >= 4 is 23.6 Å². The summed E-state index contributed by atoms with van der Waals surface area (Å²) in [4.78, 5) is 23.6. The molecule has 1 aromatic carbocycles. The first-order valence-electron chi connectivity index (χ1n) is 5.68. The van der Waals surface area contributed by atoms with Crippen LogP contribution in [0.4, 0.5) is 0 Å². The number of likely N-dealkylation sites (N-methyl/N-ethyl adjacent to an activating group) is 1. The average Bonchev–Trinajstić information content (AvgIpc) is 2.35. The first-order valence-corrected chi connectivity index (χ1v) is 6.84. The van der Waals surface area contributed by atoms with E-state index in [1.807, 2.05) is 23.9 Å². The highest BCUT2D eigenvalue weighted by atomic mass is 32.2. The zero-order valence-electron chi connectivity index (χ0n) is 10.5. The summed E-state index contributed by atoms with van der Waals surface area (Å²) in [5, 5.41) is 8.62. The van der Waals surface area contributed by atoms with E-state index in [1.54, 1.807) is 12.1 Å². The number of hydrogen-bond acceptors (Lipinski definition) is 3. The van der Waals surface area contributed by atoms with Gasteiger partial charge in [-0.1, -0.05) is 19.1 Å². The van der Waals surface area contributed by atoms with E-state index in [0.29, 0.717) is 5.56 Å². The fourth-order valence-electron chi connectivity index (χ4n) is 1.46. The van der Waals surface area contributed by atoms with Crippen LogP contribution in [0.25, 0.3) is 0 Å². The van der Waals surface area contributed by atoms with E-state index in [1.165, 1.54) is 17.5 Å². The standard InChI is InChI=1S/C13H17NO3S/c1-3-18-9-10-4-6-11(7-5-10)13(17)14(2)8-12(15)16/h4-7H,3,8-9H2,1-2H3,(H,15,16). The zero-order valence-corrected chi connectivity index (χ0v) is 11.4. The van der Waals surface area contributed by atoms with Crippen LogP contribution in [0.1, 0.15) is 22.8 Å². The summed E-state index contributed by atoms with van der Waals surface area (Å²) in [5.74, 6) is 0.701. The molecule has 98 valence electrons. The first-order chi connectivity index (χ1) is 8.54. The van der Waals surface area contributed by atoms with Crippen LogP contribution in [0, 0.1) is 0 Å². The van der Waals surface area contributed by atoms with Gasteiger partial charge in [0.1, 0.15) is 6.54 Å². The van der Waals surface area contributed by atoms with E-state index in [-0.39, 0.29) is 12.5 Å². The maximum Gasteiger partial charge on any atom is 0.323 e. The predicted octanol–water partition coefficient (Wildman–Crippen LogP) is 2.10. The molecule has 0 fully saturated rings. The number of hydrogen-bond donors (Lipinski definition) is 1. The Bertz CT molecular complexity index is 417. The largest absolute Gasteiger partial charge is 0.480 e. The molecule has 18 heavy (non-hydrogen) atoms. The van der Waals surface area contributed by atoms with Crippen LogP contribution >= 0.6 is 11.8 Å². The maximum atomic E-state index is 11.9. The number of carboxylic acids is 1. The number of amides is 1. The van der Waals surface area contributed by atoms with E-state index in [0.717, 1.165) is 11.5 Å². The van der Waals surface area contributed by atoms with Crippen LogP contribution in [0.3, 0.4) is 0 Å². The Morgan fingerprint density at radius 3 is 2.39 bits per heavy atom. The molecular weight excluding hydrogens is 250 g/mol. The number of nitrogens with zero attached hydrogens (tertiary/aromatic N) is 1. The molecule has 0 aliphatic rings. The van der Waals surface area contributed by atoms with Crippen molar-refractivity contribution < 1.29 is 14.7 Å². The van der Waals surface area contributed by atoms with Crippen LogP contribution in [0.2, 0.25) is 0 Å². The van der Waals surface area contributed by atoms with Crippen molar-refractivity contribution in [3.05, 3.63) is 35.4 Å². The molecular formula is C13H17NO3S. The second kappa shape index (κ2) is 7.06. The number of aliphatic carboxylic acids is 1. The van der Waals surface area contributed by atoms with Gasteiger partial charge in [-0.3, -0.25) is 9.59 Å². The monoisotopic (exact) mass is 267 g/mol. The smallest absolute Gasteiger partial charge is 0.323 e. The van der Waals surface area contributed by atoms with Crippen molar-refractivity contribution in [1.29, 1.82) is 0 Å². The molecule has 1 amide bonds. The second-order valence-electron chi connectivity index (χ2n) is 3.89. The Balaban J connectivity index is 2.66. The number of carboxylic acid groups (broad SMARTS) is 1. The first kappa shape index (κ1) is 14.6. The number of thioether (sulfide) groups is 1. The van der Waals surface area contributed by atoms with Crippen LogP contribution in [0.15, 0.2) is 24.3 Å². The van der Waals surface area contributed by atoms with Crippen molar-refractivity contribution in [2.75, 3.05) is 19.3 Å². The fourth-order valence-corrected chi connectivity index (χ4v) is 2.09. The van der Waals surface area contributed by atoms with Gasteiger partial charge in [0, 0.05) is 18.4 Å². The number of carbonyl (C=O) groups excluding carboxylic acids is 1. The molecule has 0 saturated heterocycles. The lowest BCUT2D eigenvalue weighted by molar-refractivity contribution is -0.137. The van der Waals surface area contributed by atoms with Gasteiger partial charge in [0.05, 0.1) is 0 Å². The minimum absolute atomic E-state index is 0.271. The molecule has 5 heteroatoms. The predicted molar refractivity (Wildman–Crippen MR) is 72.9 cm³/mol. The minimum Gasteiger partial charge on any atom is -0.480 e. The maximum absolute atomic E-state index is 11.9. The van der Waals surface area contributed by atoms with Crippen LogP contribution in [-0.2, 0) is 10.5 Å². The second-order valence-corrected chi connectivity index (χ2v) is 5.16. The molecule has 1 aromatic rings. The van der Waals surface area contributed by atoms with Crippen molar-refractivity contribution in [2.45, 2.75) is 12.7 Å². The highest BCUT2D eigenvalue weighted by Gasteiger charge is 2.13. The molecule has 4 nitrogen and oxygen atoms in total. The molecule has 0 saturated carbocycles. The lowest BCUT2D eigenvalue weighted by atomic mass is 10.1. The average molecular weight is 267 g/mol. The van der Waals surface area contributed by atoms with Gasteiger partial charge >= 0.3 is 5.97 Å². The molecule has 0 atom stereocenters. The van der Waals surface area contributed by atoms with Crippen molar-refractivity contribution in [2.24, 2.45) is 0 Å². The molecule has 0 radical (unpaired) electrons. The molecule has 0 spiro atoms. The fraction of sp³-hybridized carbons (Fsp3) is 0.385. The lowest BCUT2D eigenvalue weighted by Crippen LogP contribution is -2.31. The minimum atomic E-state index is -1.01. The SMILES string of the molecule is CCSCc1ccc(C(=O)N(C)CC(=O)O)cc1. The summed E-state index contributed by atoms with van der Waals surface area (Å²) in [6.07, 6.45) is 0. The molecule has 0 aliphatic heterocycles. The topological polar surface area (TPSA) is 57.6 Å². The Labute approximate surface area is 111 Å².